The lowest BCUT2D eigenvalue weighted by Gasteiger charge is -2.21. The Morgan fingerprint density at radius 2 is 1.89 bits per heavy atom. The second kappa shape index (κ2) is 9.35. The average Bonchev–Trinajstić information content (AvgIpc) is 3.14. The highest BCUT2D eigenvalue weighted by molar-refractivity contribution is 5.81. The Hall–Kier alpha value is -3.63. The van der Waals surface area contributed by atoms with Crippen molar-refractivity contribution in [1.82, 2.24) is 14.7 Å². The first-order chi connectivity index (χ1) is 13.3. The number of aliphatic carboxylic acids is 1. The standard InChI is InChI=1S/C17H20N4O7/c1-27-14-5-12(6-15(7-14)28-2)9-19(11-17(23)24)16(22)3-4-20-10-13(8-18-20)21(25)26/h5-8,10H,3-4,9,11H2,1-2H3,(H,23,24). The first-order valence-corrected chi connectivity index (χ1v) is 8.20. The molecule has 0 aliphatic rings. The van der Waals surface area contributed by atoms with Crippen LogP contribution in [0.1, 0.15) is 12.0 Å². The molecule has 2 aromatic rings. The topological polar surface area (TPSA) is 137 Å². The van der Waals surface area contributed by atoms with Crippen LogP contribution in [0.3, 0.4) is 0 Å². The highest BCUT2D eigenvalue weighted by Crippen LogP contribution is 2.23. The van der Waals surface area contributed by atoms with Gasteiger partial charge in [0.1, 0.15) is 30.4 Å². The van der Waals surface area contributed by atoms with Crippen molar-refractivity contribution in [3.8, 4) is 11.5 Å². The van der Waals surface area contributed by atoms with Gasteiger partial charge in [-0.05, 0) is 17.7 Å². The second-order valence-electron chi connectivity index (χ2n) is 5.83. The smallest absolute Gasteiger partial charge is 0.323 e. The lowest BCUT2D eigenvalue weighted by molar-refractivity contribution is -0.385. The van der Waals surface area contributed by atoms with E-state index in [-0.39, 0.29) is 25.2 Å². The molecule has 0 fully saturated rings. The fourth-order valence-corrected chi connectivity index (χ4v) is 2.51. The van der Waals surface area contributed by atoms with Crippen molar-refractivity contribution in [2.75, 3.05) is 20.8 Å². The third kappa shape index (κ3) is 5.69. The number of aryl methyl sites for hydroxylation is 1. The summed E-state index contributed by atoms with van der Waals surface area (Å²) in [5.41, 5.74) is 0.457. The van der Waals surface area contributed by atoms with Gasteiger partial charge in [0.05, 0.1) is 19.1 Å². The second-order valence-corrected chi connectivity index (χ2v) is 5.83. The molecule has 0 bridgehead atoms. The Kier molecular flexibility index (Phi) is 6.90. The van der Waals surface area contributed by atoms with Crippen LogP contribution < -0.4 is 9.47 Å². The van der Waals surface area contributed by atoms with Crippen molar-refractivity contribution in [2.24, 2.45) is 0 Å². The van der Waals surface area contributed by atoms with Crippen LogP contribution in [0.4, 0.5) is 5.69 Å². The van der Waals surface area contributed by atoms with Crippen LogP contribution in [0.5, 0.6) is 11.5 Å². The Morgan fingerprint density at radius 3 is 2.39 bits per heavy atom. The van der Waals surface area contributed by atoms with Gasteiger partial charge in [0.15, 0.2) is 0 Å². The summed E-state index contributed by atoms with van der Waals surface area (Å²) in [7, 11) is 2.98. The predicted molar refractivity (Wildman–Crippen MR) is 96.1 cm³/mol. The number of rotatable bonds is 10. The summed E-state index contributed by atoms with van der Waals surface area (Å²) >= 11 is 0. The first kappa shape index (κ1) is 20.7. The molecule has 0 saturated heterocycles. The number of amides is 1. The number of nitrogens with zero attached hydrogens (tertiary/aromatic N) is 4. The van der Waals surface area contributed by atoms with Crippen LogP contribution in [0.25, 0.3) is 0 Å². The summed E-state index contributed by atoms with van der Waals surface area (Å²) in [6.45, 7) is -0.361. The van der Waals surface area contributed by atoms with Gasteiger partial charge < -0.3 is 19.5 Å². The van der Waals surface area contributed by atoms with Gasteiger partial charge in [-0.15, -0.1) is 0 Å². The molecule has 11 nitrogen and oxygen atoms in total. The Bertz CT molecular complexity index is 843. The van der Waals surface area contributed by atoms with Crippen LogP contribution in [-0.2, 0) is 22.7 Å². The lowest BCUT2D eigenvalue weighted by atomic mass is 10.1. The fourth-order valence-electron chi connectivity index (χ4n) is 2.51. The molecule has 150 valence electrons. The minimum Gasteiger partial charge on any atom is -0.497 e. The quantitative estimate of drug-likeness (QED) is 0.472. The molecule has 0 saturated carbocycles. The zero-order valence-corrected chi connectivity index (χ0v) is 15.4. The van der Waals surface area contributed by atoms with Gasteiger partial charge in [-0.1, -0.05) is 0 Å². The Labute approximate surface area is 160 Å². The number of ether oxygens (including phenoxy) is 2. The molecule has 11 heteroatoms. The van der Waals surface area contributed by atoms with E-state index in [1.54, 1.807) is 18.2 Å². The summed E-state index contributed by atoms with van der Waals surface area (Å²) in [4.78, 5) is 35.0. The number of carbonyl (C=O) groups is 2. The van der Waals surface area contributed by atoms with Crippen LogP contribution in [0.2, 0.25) is 0 Å². The van der Waals surface area contributed by atoms with E-state index >= 15 is 0 Å². The average molecular weight is 392 g/mol. The molecule has 2 rings (SSSR count). The molecule has 0 aliphatic heterocycles. The van der Waals surface area contributed by atoms with E-state index in [1.807, 2.05) is 0 Å². The molecule has 1 aromatic heterocycles. The van der Waals surface area contributed by atoms with Crippen LogP contribution >= 0.6 is 0 Å². The number of hydrogen-bond donors (Lipinski definition) is 1. The molecule has 1 amide bonds. The lowest BCUT2D eigenvalue weighted by Crippen LogP contribution is -2.35. The van der Waals surface area contributed by atoms with E-state index in [0.29, 0.717) is 17.1 Å². The third-order valence-corrected chi connectivity index (χ3v) is 3.85. The van der Waals surface area contributed by atoms with E-state index in [4.69, 9.17) is 14.6 Å². The van der Waals surface area contributed by atoms with Crippen molar-refractivity contribution in [2.45, 2.75) is 19.5 Å². The third-order valence-electron chi connectivity index (χ3n) is 3.85. The predicted octanol–water partition coefficient (Wildman–Crippen LogP) is 1.31. The maximum atomic E-state index is 12.5. The number of carboxylic acids is 1. The van der Waals surface area contributed by atoms with E-state index in [0.717, 1.165) is 6.20 Å². The molecule has 1 aromatic carbocycles. The molecule has 0 spiro atoms. The SMILES string of the molecule is COc1cc(CN(CC(=O)O)C(=O)CCn2cc([N+](=O)[O-])cn2)cc(OC)c1. The minimum absolute atomic E-state index is 0.0396. The molecule has 1 N–H and O–H groups in total. The van der Waals surface area contributed by atoms with E-state index in [9.17, 15) is 19.7 Å². The Balaban J connectivity index is 2.10. The van der Waals surface area contributed by atoms with Crippen molar-refractivity contribution in [3.63, 3.8) is 0 Å². The van der Waals surface area contributed by atoms with Crippen molar-refractivity contribution in [3.05, 3.63) is 46.3 Å². The normalized spacial score (nSPS) is 10.4. The van der Waals surface area contributed by atoms with Gasteiger partial charge in [-0.2, -0.15) is 5.10 Å². The van der Waals surface area contributed by atoms with Crippen LogP contribution in [0.15, 0.2) is 30.6 Å². The molecule has 0 atom stereocenters. The summed E-state index contributed by atoms with van der Waals surface area (Å²) in [5.74, 6) is -0.554. The van der Waals surface area contributed by atoms with Gasteiger partial charge in [0, 0.05) is 25.6 Å². The largest absolute Gasteiger partial charge is 0.497 e. The first-order valence-electron chi connectivity index (χ1n) is 8.20. The van der Waals surface area contributed by atoms with Gasteiger partial charge in [-0.25, -0.2) is 0 Å². The van der Waals surface area contributed by atoms with Crippen LogP contribution in [-0.4, -0.2) is 57.4 Å². The van der Waals surface area contributed by atoms with Crippen molar-refractivity contribution >= 4 is 17.6 Å². The summed E-state index contributed by atoms with van der Waals surface area (Å²) in [5, 5.41) is 23.6. The maximum Gasteiger partial charge on any atom is 0.323 e. The maximum absolute atomic E-state index is 12.5. The zero-order valence-electron chi connectivity index (χ0n) is 15.4. The monoisotopic (exact) mass is 392 g/mol. The van der Waals surface area contributed by atoms with E-state index < -0.39 is 23.3 Å². The number of carboxylic acid groups (broad SMARTS) is 1. The number of hydrogen-bond acceptors (Lipinski definition) is 7. The van der Waals surface area contributed by atoms with E-state index in [1.165, 1.54) is 30.0 Å². The molecular formula is C17H20N4O7. The van der Waals surface area contributed by atoms with Gasteiger partial charge in [0.2, 0.25) is 5.91 Å². The van der Waals surface area contributed by atoms with Gasteiger partial charge in [-0.3, -0.25) is 24.4 Å². The summed E-state index contributed by atoms with van der Waals surface area (Å²) in [6, 6.07) is 5.03. The van der Waals surface area contributed by atoms with Crippen molar-refractivity contribution < 1.29 is 29.1 Å². The molecule has 0 aliphatic carbocycles. The number of carbonyl (C=O) groups excluding carboxylic acids is 1. The molecule has 28 heavy (non-hydrogen) atoms. The number of methoxy groups -OCH3 is 2. The number of benzene rings is 1. The highest BCUT2D eigenvalue weighted by Gasteiger charge is 2.19. The zero-order chi connectivity index (χ0) is 20.7. The highest BCUT2D eigenvalue weighted by atomic mass is 16.6. The molecule has 0 radical (unpaired) electrons. The van der Waals surface area contributed by atoms with Gasteiger partial charge >= 0.3 is 11.7 Å². The summed E-state index contributed by atoms with van der Waals surface area (Å²) < 4.78 is 11.6. The molecule has 1 heterocycles. The van der Waals surface area contributed by atoms with Crippen molar-refractivity contribution in [1.29, 1.82) is 0 Å². The number of aromatic nitrogens is 2. The van der Waals surface area contributed by atoms with Crippen LogP contribution in [0, 0.1) is 10.1 Å². The minimum atomic E-state index is -1.15. The van der Waals surface area contributed by atoms with E-state index in [2.05, 4.69) is 5.10 Å². The molecule has 0 unspecified atom stereocenters. The molecular weight excluding hydrogens is 372 g/mol. The summed E-state index contributed by atoms with van der Waals surface area (Å²) in [6.07, 6.45) is 2.23. The Morgan fingerprint density at radius 1 is 1.25 bits per heavy atom. The number of nitro groups is 1. The van der Waals surface area contributed by atoms with Gasteiger partial charge in [0.25, 0.3) is 0 Å². The fraction of sp³-hybridized carbons (Fsp3) is 0.353.